The van der Waals surface area contributed by atoms with Crippen LogP contribution in [0.1, 0.15) is 15.9 Å². The molecule has 0 radical (unpaired) electrons. The van der Waals surface area contributed by atoms with Gasteiger partial charge < -0.3 is 10.2 Å². The van der Waals surface area contributed by atoms with Gasteiger partial charge in [0.1, 0.15) is 16.8 Å². The minimum absolute atomic E-state index is 0.271. The number of hydrogen-bond acceptors (Lipinski definition) is 5. The van der Waals surface area contributed by atoms with Gasteiger partial charge in [0.05, 0.1) is 10.5 Å². The number of amides is 1. The molecule has 2 aromatic carbocycles. The summed E-state index contributed by atoms with van der Waals surface area (Å²) in [5.74, 6) is -0.367. The van der Waals surface area contributed by atoms with E-state index in [1.807, 2.05) is 25.1 Å². The topological polar surface area (TPSA) is 87.2 Å². The van der Waals surface area contributed by atoms with Crippen LogP contribution in [0.25, 0.3) is 11.4 Å². The fourth-order valence-electron chi connectivity index (χ4n) is 2.72. The van der Waals surface area contributed by atoms with Crippen molar-refractivity contribution in [2.75, 3.05) is 27.2 Å². The Morgan fingerprint density at radius 1 is 1.10 bits per heavy atom. The largest absolute Gasteiger partial charge is 0.348 e. The van der Waals surface area contributed by atoms with Gasteiger partial charge in [-0.25, -0.2) is 23.3 Å². The van der Waals surface area contributed by atoms with Crippen LogP contribution in [-0.4, -0.2) is 52.2 Å². The normalized spacial score (nSPS) is 12.0. The van der Waals surface area contributed by atoms with E-state index in [2.05, 4.69) is 20.0 Å². The monoisotopic (exact) mass is 441 g/mol. The third-order valence-corrected chi connectivity index (χ3v) is 5.50. The molecular weight excluding hydrogens is 417 g/mol. The lowest BCUT2D eigenvalue weighted by Crippen LogP contribution is -2.28. The van der Waals surface area contributed by atoms with Crippen LogP contribution in [0.5, 0.6) is 0 Å². The van der Waals surface area contributed by atoms with Crippen LogP contribution in [0.15, 0.2) is 65.8 Å². The molecule has 0 aliphatic rings. The summed E-state index contributed by atoms with van der Waals surface area (Å²) in [4.78, 5) is 23.4. The molecule has 0 aliphatic carbocycles. The maximum Gasteiger partial charge on any atom is 0.254 e. The Hall–Kier alpha value is -3.01. The van der Waals surface area contributed by atoms with Crippen LogP contribution in [0.2, 0.25) is 0 Å². The number of hydrogen-bond donors (Lipinski definition) is 2. The highest BCUT2D eigenvalue weighted by molar-refractivity contribution is 7.83. The molecule has 1 aromatic heterocycles. The van der Waals surface area contributed by atoms with Crippen molar-refractivity contribution >= 4 is 16.9 Å². The number of carbonyl (C=O) groups is 1. The molecule has 2 N–H and O–H groups in total. The summed E-state index contributed by atoms with van der Waals surface area (Å²) in [7, 11) is 2.59. The average Bonchev–Trinajstić information content (AvgIpc) is 2.77. The van der Waals surface area contributed by atoms with Crippen LogP contribution in [-0.2, 0) is 17.5 Å². The van der Waals surface area contributed by atoms with E-state index >= 15 is 0 Å². The molecule has 0 bridgehead atoms. The Balaban J connectivity index is 1.57. The van der Waals surface area contributed by atoms with E-state index in [1.54, 1.807) is 30.3 Å². The zero-order chi connectivity index (χ0) is 22.2. The third kappa shape index (κ3) is 6.74. The Morgan fingerprint density at radius 2 is 1.84 bits per heavy atom. The van der Waals surface area contributed by atoms with Gasteiger partial charge in [0.25, 0.3) is 5.91 Å². The van der Waals surface area contributed by atoms with Crippen molar-refractivity contribution in [1.82, 2.24) is 24.9 Å². The highest BCUT2D eigenvalue weighted by atomic mass is 32.2. The Labute approximate surface area is 183 Å². The number of nitrogens with zero attached hydrogens (tertiary/aromatic N) is 3. The fraction of sp³-hybridized carbons (Fsp3) is 0.227. The Kier molecular flexibility index (Phi) is 7.94. The summed E-state index contributed by atoms with van der Waals surface area (Å²) >= 11 is 0. The first-order valence-corrected chi connectivity index (χ1v) is 10.8. The SMILES string of the molecule is CN(C)CCNS(=O)c1cccc(CNC(=O)c2cnc(-c3cccc(F)c3)nc2)c1. The lowest BCUT2D eigenvalue weighted by molar-refractivity contribution is 0.0950. The van der Waals surface area contributed by atoms with Crippen molar-refractivity contribution < 1.29 is 13.4 Å². The van der Waals surface area contributed by atoms with Crippen LogP contribution < -0.4 is 10.0 Å². The number of likely N-dealkylation sites (N-methyl/N-ethyl adjacent to an activating group) is 1. The number of halogens is 1. The predicted molar refractivity (Wildman–Crippen MR) is 118 cm³/mol. The van der Waals surface area contributed by atoms with Gasteiger partial charge in [-0.1, -0.05) is 24.3 Å². The minimum Gasteiger partial charge on any atom is -0.348 e. The van der Waals surface area contributed by atoms with E-state index < -0.39 is 11.0 Å². The maximum absolute atomic E-state index is 13.3. The Morgan fingerprint density at radius 3 is 2.55 bits per heavy atom. The summed E-state index contributed by atoms with van der Waals surface area (Å²) in [5, 5.41) is 2.80. The average molecular weight is 442 g/mol. The summed E-state index contributed by atoms with van der Waals surface area (Å²) in [6, 6.07) is 13.2. The second kappa shape index (κ2) is 10.9. The van der Waals surface area contributed by atoms with Crippen molar-refractivity contribution in [3.8, 4) is 11.4 Å². The number of nitrogens with one attached hydrogen (secondary N) is 2. The zero-order valence-corrected chi connectivity index (χ0v) is 18.2. The molecule has 1 heterocycles. The van der Waals surface area contributed by atoms with Gasteiger partial charge in [-0.15, -0.1) is 0 Å². The highest BCUT2D eigenvalue weighted by Gasteiger charge is 2.10. The number of aromatic nitrogens is 2. The molecule has 0 saturated heterocycles. The van der Waals surface area contributed by atoms with E-state index in [1.165, 1.54) is 24.5 Å². The summed E-state index contributed by atoms with van der Waals surface area (Å²) in [6.07, 6.45) is 2.81. The van der Waals surface area contributed by atoms with Gasteiger partial charge in [-0.2, -0.15) is 0 Å². The lowest BCUT2D eigenvalue weighted by atomic mass is 10.2. The molecule has 0 aliphatic heterocycles. The van der Waals surface area contributed by atoms with Gasteiger partial charge in [0.2, 0.25) is 0 Å². The first-order valence-electron chi connectivity index (χ1n) is 9.67. The van der Waals surface area contributed by atoms with Crippen LogP contribution >= 0.6 is 0 Å². The lowest BCUT2D eigenvalue weighted by Gasteiger charge is -2.11. The van der Waals surface area contributed by atoms with Crippen LogP contribution in [0.3, 0.4) is 0 Å². The van der Waals surface area contributed by atoms with E-state index in [-0.39, 0.29) is 18.3 Å². The maximum atomic E-state index is 13.3. The van der Waals surface area contributed by atoms with Crippen LogP contribution in [0.4, 0.5) is 4.39 Å². The zero-order valence-electron chi connectivity index (χ0n) is 17.3. The molecule has 9 heteroatoms. The van der Waals surface area contributed by atoms with E-state index in [0.29, 0.717) is 28.4 Å². The molecule has 0 spiro atoms. The molecule has 0 fully saturated rings. The highest BCUT2D eigenvalue weighted by Crippen LogP contribution is 2.15. The first-order chi connectivity index (χ1) is 14.9. The van der Waals surface area contributed by atoms with E-state index in [0.717, 1.165) is 12.1 Å². The smallest absolute Gasteiger partial charge is 0.254 e. The summed E-state index contributed by atoms with van der Waals surface area (Å²) in [5.41, 5.74) is 1.66. The minimum atomic E-state index is -1.32. The van der Waals surface area contributed by atoms with Gasteiger partial charge in [-0.05, 0) is 43.9 Å². The fourth-order valence-corrected chi connectivity index (χ4v) is 3.63. The molecular formula is C22H24FN5O2S. The molecule has 3 rings (SSSR count). The Bertz CT molecular complexity index is 1060. The molecule has 0 saturated carbocycles. The van der Waals surface area contributed by atoms with Crippen molar-refractivity contribution in [2.24, 2.45) is 0 Å². The van der Waals surface area contributed by atoms with Gasteiger partial charge >= 0.3 is 0 Å². The van der Waals surface area contributed by atoms with Gasteiger partial charge in [0.15, 0.2) is 5.82 Å². The van der Waals surface area contributed by atoms with E-state index in [4.69, 9.17) is 0 Å². The number of rotatable bonds is 9. The quantitative estimate of drug-likeness (QED) is 0.533. The number of carbonyl (C=O) groups excluding carboxylic acids is 1. The summed E-state index contributed by atoms with van der Waals surface area (Å²) in [6.45, 7) is 1.65. The predicted octanol–water partition coefficient (Wildman–Crippen LogP) is 2.39. The van der Waals surface area contributed by atoms with Crippen molar-refractivity contribution in [2.45, 2.75) is 11.4 Å². The van der Waals surface area contributed by atoms with Crippen molar-refractivity contribution in [1.29, 1.82) is 0 Å². The van der Waals surface area contributed by atoms with Crippen molar-refractivity contribution in [3.63, 3.8) is 0 Å². The molecule has 1 amide bonds. The standard InChI is InChI=1S/C22H24FN5O2S/c1-28(2)10-9-27-31(30)20-8-3-5-16(11-20)13-26-22(29)18-14-24-21(25-15-18)17-6-4-7-19(23)12-17/h3-8,11-12,14-15,27H,9-10,13H2,1-2H3,(H,26,29). The summed E-state index contributed by atoms with van der Waals surface area (Å²) < 4.78 is 28.7. The van der Waals surface area contributed by atoms with Gasteiger partial charge in [-0.3, -0.25) is 4.79 Å². The van der Waals surface area contributed by atoms with Crippen molar-refractivity contribution in [3.05, 3.63) is 77.9 Å². The van der Waals surface area contributed by atoms with E-state index in [9.17, 15) is 13.4 Å². The second-order valence-corrected chi connectivity index (χ2v) is 8.40. The molecule has 1 atom stereocenters. The molecule has 162 valence electrons. The molecule has 3 aromatic rings. The number of benzene rings is 2. The first kappa shape index (κ1) is 22.7. The molecule has 1 unspecified atom stereocenters. The van der Waals surface area contributed by atoms with Gasteiger partial charge in [0, 0.05) is 37.6 Å². The second-order valence-electron chi connectivity index (χ2n) is 7.10. The molecule has 7 nitrogen and oxygen atoms in total. The molecule has 31 heavy (non-hydrogen) atoms. The van der Waals surface area contributed by atoms with Crippen LogP contribution in [0, 0.1) is 5.82 Å². The third-order valence-electron chi connectivity index (χ3n) is 4.35.